The predicted octanol–water partition coefficient (Wildman–Crippen LogP) is 4.48. The van der Waals surface area contributed by atoms with Crippen molar-refractivity contribution in [1.82, 2.24) is 9.29 Å². The number of carbonyl (C=O) groups is 1. The Labute approximate surface area is 188 Å². The molecule has 0 saturated heterocycles. The molecule has 0 radical (unpaired) electrons. The smallest absolute Gasteiger partial charge is 0.252 e. The molecule has 168 valence electrons. The SMILES string of the molecule is CC(=O)c1ccc(S(=O)(=O)N(Cc2cc3c(C)ccc(C)c3[nH]c2=O)C2CCCC2)cc1. The molecule has 1 saturated carbocycles. The van der Waals surface area contributed by atoms with Crippen molar-refractivity contribution in [2.75, 3.05) is 0 Å². The van der Waals surface area contributed by atoms with Gasteiger partial charge in [-0.05, 0) is 62.9 Å². The van der Waals surface area contributed by atoms with E-state index in [0.29, 0.717) is 11.1 Å². The zero-order chi connectivity index (χ0) is 23.0. The van der Waals surface area contributed by atoms with Crippen LogP contribution in [0.2, 0.25) is 0 Å². The van der Waals surface area contributed by atoms with Crippen molar-refractivity contribution in [2.24, 2.45) is 0 Å². The molecular weight excluding hydrogens is 424 g/mol. The lowest BCUT2D eigenvalue weighted by Gasteiger charge is -2.28. The Balaban J connectivity index is 1.78. The number of ketones is 1. The number of pyridine rings is 1. The summed E-state index contributed by atoms with van der Waals surface area (Å²) < 4.78 is 28.7. The quantitative estimate of drug-likeness (QED) is 0.559. The van der Waals surface area contributed by atoms with Crippen LogP contribution in [0.25, 0.3) is 10.9 Å². The van der Waals surface area contributed by atoms with E-state index in [4.69, 9.17) is 0 Å². The van der Waals surface area contributed by atoms with E-state index in [-0.39, 0.29) is 28.8 Å². The Hall–Kier alpha value is -2.77. The number of hydrogen-bond acceptors (Lipinski definition) is 4. The summed E-state index contributed by atoms with van der Waals surface area (Å²) in [5, 5.41) is 0.925. The zero-order valence-corrected chi connectivity index (χ0v) is 19.5. The highest BCUT2D eigenvalue weighted by Gasteiger charge is 2.34. The minimum absolute atomic E-state index is 0.0140. The van der Waals surface area contributed by atoms with Crippen molar-refractivity contribution < 1.29 is 13.2 Å². The summed E-state index contributed by atoms with van der Waals surface area (Å²) in [6.45, 7) is 5.38. The highest BCUT2D eigenvalue weighted by atomic mass is 32.2. The van der Waals surface area contributed by atoms with E-state index in [1.54, 1.807) is 0 Å². The maximum Gasteiger partial charge on any atom is 0.252 e. The number of sulfonamides is 1. The number of nitrogens with one attached hydrogen (secondary N) is 1. The number of rotatable bonds is 6. The van der Waals surface area contributed by atoms with Crippen molar-refractivity contribution in [1.29, 1.82) is 0 Å². The standard InChI is InChI=1S/C25H28N2O4S/c1-16-8-9-17(2)24-23(16)14-20(25(29)26-24)15-27(21-6-4-5-7-21)32(30,31)22-12-10-19(11-13-22)18(3)28/h8-14,21H,4-7,15H2,1-3H3,(H,26,29). The Morgan fingerprint density at radius 3 is 2.28 bits per heavy atom. The normalized spacial score (nSPS) is 15.0. The number of carbonyl (C=O) groups excluding carboxylic acids is 1. The Morgan fingerprint density at radius 2 is 1.66 bits per heavy atom. The molecule has 1 N–H and O–H groups in total. The van der Waals surface area contributed by atoms with Crippen LogP contribution >= 0.6 is 0 Å². The van der Waals surface area contributed by atoms with Gasteiger partial charge in [-0.15, -0.1) is 0 Å². The molecule has 0 aliphatic heterocycles. The van der Waals surface area contributed by atoms with E-state index < -0.39 is 10.0 Å². The summed E-state index contributed by atoms with van der Waals surface area (Å²) in [6.07, 6.45) is 3.47. The molecule has 32 heavy (non-hydrogen) atoms. The molecule has 1 aromatic heterocycles. The number of aryl methyl sites for hydroxylation is 2. The molecule has 3 aromatic rings. The summed E-state index contributed by atoms with van der Waals surface area (Å²) in [5.41, 5.74) is 3.42. The van der Waals surface area contributed by atoms with Crippen LogP contribution in [0.15, 0.2) is 52.2 Å². The van der Waals surface area contributed by atoms with Gasteiger partial charge in [-0.2, -0.15) is 4.31 Å². The van der Waals surface area contributed by atoms with Crippen LogP contribution in [0.1, 0.15) is 59.7 Å². The second kappa shape index (κ2) is 8.64. The minimum Gasteiger partial charge on any atom is -0.321 e. The van der Waals surface area contributed by atoms with Gasteiger partial charge in [0.2, 0.25) is 10.0 Å². The van der Waals surface area contributed by atoms with Crippen molar-refractivity contribution in [3.63, 3.8) is 0 Å². The van der Waals surface area contributed by atoms with Gasteiger partial charge >= 0.3 is 0 Å². The van der Waals surface area contributed by atoms with Gasteiger partial charge in [-0.3, -0.25) is 9.59 Å². The Bertz CT molecular complexity index is 1330. The van der Waals surface area contributed by atoms with E-state index >= 15 is 0 Å². The molecule has 1 aliphatic carbocycles. The number of hydrogen-bond donors (Lipinski definition) is 1. The summed E-state index contributed by atoms with van der Waals surface area (Å²) >= 11 is 0. The minimum atomic E-state index is -3.84. The van der Waals surface area contributed by atoms with Crippen LogP contribution in [-0.4, -0.2) is 29.5 Å². The summed E-state index contributed by atoms with van der Waals surface area (Å²) in [6, 6.07) is 11.7. The fourth-order valence-electron chi connectivity index (χ4n) is 4.50. The zero-order valence-electron chi connectivity index (χ0n) is 18.6. The number of Topliss-reactive ketones (excluding diaryl/α,β-unsaturated/α-hetero) is 1. The first-order valence-electron chi connectivity index (χ1n) is 10.9. The highest BCUT2D eigenvalue weighted by molar-refractivity contribution is 7.89. The number of aromatic nitrogens is 1. The molecule has 0 bridgehead atoms. The summed E-state index contributed by atoms with van der Waals surface area (Å²) in [7, 11) is -3.84. The molecule has 4 rings (SSSR count). The number of nitrogens with zero attached hydrogens (tertiary/aromatic N) is 1. The van der Waals surface area contributed by atoms with Crippen LogP contribution in [0, 0.1) is 13.8 Å². The average molecular weight is 453 g/mol. The maximum absolute atomic E-state index is 13.6. The van der Waals surface area contributed by atoms with Crippen LogP contribution in [0.4, 0.5) is 0 Å². The molecule has 1 fully saturated rings. The monoisotopic (exact) mass is 452 g/mol. The molecule has 1 heterocycles. The molecule has 0 unspecified atom stereocenters. The van der Waals surface area contributed by atoms with Gasteiger partial charge in [0.1, 0.15) is 0 Å². The first-order valence-corrected chi connectivity index (χ1v) is 12.4. The third-order valence-corrected chi connectivity index (χ3v) is 8.36. The number of H-pyrrole nitrogens is 1. The Kier molecular flexibility index (Phi) is 6.05. The van der Waals surface area contributed by atoms with Crippen molar-refractivity contribution >= 4 is 26.7 Å². The van der Waals surface area contributed by atoms with Gasteiger partial charge in [0.05, 0.1) is 10.4 Å². The number of aromatic amines is 1. The Morgan fingerprint density at radius 1 is 1.03 bits per heavy atom. The van der Waals surface area contributed by atoms with Gasteiger partial charge in [0.15, 0.2) is 5.78 Å². The van der Waals surface area contributed by atoms with E-state index in [9.17, 15) is 18.0 Å². The molecule has 0 amide bonds. The first kappa shape index (κ1) is 22.4. The molecule has 2 aromatic carbocycles. The molecule has 0 spiro atoms. The van der Waals surface area contributed by atoms with Crippen molar-refractivity contribution in [3.8, 4) is 0 Å². The van der Waals surface area contributed by atoms with Gasteiger partial charge in [0, 0.05) is 29.1 Å². The fraction of sp³-hybridized carbons (Fsp3) is 0.360. The van der Waals surface area contributed by atoms with Crippen molar-refractivity contribution in [3.05, 3.63) is 75.1 Å². The fourth-order valence-corrected chi connectivity index (χ4v) is 6.17. The van der Waals surface area contributed by atoms with Gasteiger partial charge in [0.25, 0.3) is 5.56 Å². The van der Waals surface area contributed by atoms with Crippen LogP contribution in [-0.2, 0) is 16.6 Å². The topological polar surface area (TPSA) is 87.3 Å². The molecular formula is C25H28N2O4S. The molecule has 7 heteroatoms. The second-order valence-electron chi connectivity index (χ2n) is 8.68. The maximum atomic E-state index is 13.6. The third kappa shape index (κ3) is 4.14. The molecule has 0 atom stereocenters. The summed E-state index contributed by atoms with van der Waals surface area (Å²) in [5.74, 6) is -0.116. The lowest BCUT2D eigenvalue weighted by molar-refractivity contribution is 0.101. The first-order chi connectivity index (χ1) is 15.2. The molecule has 6 nitrogen and oxygen atoms in total. The van der Waals surface area contributed by atoms with Crippen molar-refractivity contribution in [2.45, 2.75) is 63.9 Å². The lowest BCUT2D eigenvalue weighted by atomic mass is 10.0. The van der Waals surface area contributed by atoms with Gasteiger partial charge in [-0.25, -0.2) is 8.42 Å². The van der Waals surface area contributed by atoms with Crippen LogP contribution in [0.5, 0.6) is 0 Å². The average Bonchev–Trinajstić information content (AvgIpc) is 3.29. The number of benzene rings is 2. The van der Waals surface area contributed by atoms with E-state index in [1.165, 1.54) is 35.5 Å². The predicted molar refractivity (Wildman–Crippen MR) is 125 cm³/mol. The third-order valence-electron chi connectivity index (χ3n) is 6.45. The summed E-state index contributed by atoms with van der Waals surface area (Å²) in [4.78, 5) is 27.6. The van der Waals surface area contributed by atoms with E-state index in [0.717, 1.165) is 47.7 Å². The van der Waals surface area contributed by atoms with Gasteiger partial charge < -0.3 is 4.98 Å². The van der Waals surface area contributed by atoms with Gasteiger partial charge in [-0.1, -0.05) is 37.1 Å². The van der Waals surface area contributed by atoms with E-state index in [1.807, 2.05) is 32.0 Å². The van der Waals surface area contributed by atoms with Crippen LogP contribution in [0.3, 0.4) is 0 Å². The highest BCUT2D eigenvalue weighted by Crippen LogP contribution is 2.31. The lowest BCUT2D eigenvalue weighted by Crippen LogP contribution is -2.39. The largest absolute Gasteiger partial charge is 0.321 e. The van der Waals surface area contributed by atoms with E-state index in [2.05, 4.69) is 4.98 Å². The van der Waals surface area contributed by atoms with Crippen LogP contribution < -0.4 is 5.56 Å². The second-order valence-corrected chi connectivity index (χ2v) is 10.6. The molecule has 1 aliphatic rings. The number of fused-ring (bicyclic) bond motifs is 1.